The van der Waals surface area contributed by atoms with Gasteiger partial charge >= 0.3 is 0 Å². The van der Waals surface area contributed by atoms with Gasteiger partial charge in [0.2, 0.25) is 0 Å². The first kappa shape index (κ1) is 9.60. The van der Waals surface area contributed by atoms with Crippen LogP contribution in [0.25, 0.3) is 0 Å². The number of carbonyl (C=O) groups excluding carboxylic acids is 1. The lowest BCUT2D eigenvalue weighted by molar-refractivity contribution is 0.0962. The van der Waals surface area contributed by atoms with E-state index in [1.807, 2.05) is 0 Å². The summed E-state index contributed by atoms with van der Waals surface area (Å²) in [6.07, 6.45) is 0. The highest BCUT2D eigenvalue weighted by Gasteiger charge is 2.11. The molecule has 0 aliphatic heterocycles. The molecule has 0 saturated carbocycles. The first-order chi connectivity index (χ1) is 6.06. The van der Waals surface area contributed by atoms with Crippen molar-refractivity contribution in [1.82, 2.24) is 10.3 Å². The van der Waals surface area contributed by atoms with Gasteiger partial charge in [-0.2, -0.15) is 0 Å². The normalized spacial score (nSPS) is 9.69. The molecule has 0 saturated heterocycles. The fourth-order valence-corrected chi connectivity index (χ4v) is 1.02. The van der Waals surface area contributed by atoms with Gasteiger partial charge < -0.3 is 15.4 Å². The minimum absolute atomic E-state index is 0.0290. The second-order valence-electron chi connectivity index (χ2n) is 2.29. The molecule has 70 valence electrons. The average molecular weight is 203 g/mol. The van der Waals surface area contributed by atoms with E-state index in [9.17, 15) is 9.59 Å². The number of aromatic nitrogens is 1. The van der Waals surface area contributed by atoms with Crippen molar-refractivity contribution in [3.63, 3.8) is 0 Å². The van der Waals surface area contributed by atoms with Crippen molar-refractivity contribution in [2.24, 2.45) is 0 Å². The SMILES string of the molecule is CNC(=O)c1cc(O)c(=O)[nH]c1Cl. The van der Waals surface area contributed by atoms with Gasteiger partial charge in [-0.15, -0.1) is 0 Å². The Kier molecular flexibility index (Phi) is 2.57. The van der Waals surface area contributed by atoms with Gasteiger partial charge in [0.05, 0.1) is 5.56 Å². The molecule has 1 heterocycles. The van der Waals surface area contributed by atoms with E-state index in [0.717, 1.165) is 6.07 Å². The third-order valence-corrected chi connectivity index (χ3v) is 1.74. The molecular weight excluding hydrogens is 196 g/mol. The summed E-state index contributed by atoms with van der Waals surface area (Å²) < 4.78 is 0. The molecule has 0 bridgehead atoms. The van der Waals surface area contributed by atoms with Crippen molar-refractivity contribution in [3.05, 3.63) is 27.1 Å². The fraction of sp³-hybridized carbons (Fsp3) is 0.143. The third kappa shape index (κ3) is 1.81. The molecule has 6 heteroatoms. The highest BCUT2D eigenvalue weighted by atomic mass is 35.5. The predicted molar refractivity (Wildman–Crippen MR) is 47.1 cm³/mol. The van der Waals surface area contributed by atoms with Crippen LogP contribution in [0.5, 0.6) is 5.75 Å². The van der Waals surface area contributed by atoms with Gasteiger partial charge in [0.15, 0.2) is 5.75 Å². The van der Waals surface area contributed by atoms with Crippen LogP contribution in [0.4, 0.5) is 0 Å². The number of rotatable bonds is 1. The van der Waals surface area contributed by atoms with Crippen LogP contribution in [0.3, 0.4) is 0 Å². The van der Waals surface area contributed by atoms with E-state index in [-0.39, 0.29) is 10.7 Å². The number of hydrogen-bond acceptors (Lipinski definition) is 3. The summed E-state index contributed by atoms with van der Waals surface area (Å²) in [5.41, 5.74) is -0.695. The molecule has 0 fully saturated rings. The van der Waals surface area contributed by atoms with Gasteiger partial charge in [-0.1, -0.05) is 11.6 Å². The first-order valence-electron chi connectivity index (χ1n) is 3.40. The molecule has 0 spiro atoms. The maximum Gasteiger partial charge on any atom is 0.291 e. The van der Waals surface area contributed by atoms with Gasteiger partial charge in [-0.3, -0.25) is 9.59 Å². The molecule has 0 radical (unpaired) electrons. The molecule has 0 aliphatic rings. The van der Waals surface area contributed by atoms with Crippen LogP contribution < -0.4 is 10.9 Å². The molecule has 0 aliphatic carbocycles. The van der Waals surface area contributed by atoms with Crippen LogP contribution in [0.2, 0.25) is 5.15 Å². The van der Waals surface area contributed by atoms with Gasteiger partial charge in [0.25, 0.3) is 11.5 Å². The summed E-state index contributed by atoms with van der Waals surface area (Å²) in [5, 5.41) is 11.2. The second kappa shape index (κ2) is 3.49. The van der Waals surface area contributed by atoms with E-state index in [1.165, 1.54) is 7.05 Å². The summed E-state index contributed by atoms with van der Waals surface area (Å²) in [4.78, 5) is 24.0. The smallest absolute Gasteiger partial charge is 0.291 e. The molecule has 1 rings (SSSR count). The molecule has 0 aromatic carbocycles. The third-order valence-electron chi connectivity index (χ3n) is 1.45. The number of nitrogens with one attached hydrogen (secondary N) is 2. The molecule has 1 aromatic heterocycles. The zero-order valence-corrected chi connectivity index (χ0v) is 7.47. The van der Waals surface area contributed by atoms with Crippen LogP contribution in [-0.2, 0) is 0 Å². The summed E-state index contributed by atoms with van der Waals surface area (Å²) in [5.74, 6) is -1.01. The highest BCUT2D eigenvalue weighted by molar-refractivity contribution is 6.32. The van der Waals surface area contributed by atoms with Crippen LogP contribution in [-0.4, -0.2) is 23.0 Å². The Balaban J connectivity index is 3.31. The van der Waals surface area contributed by atoms with Gasteiger partial charge in [-0.05, 0) is 0 Å². The van der Waals surface area contributed by atoms with Crippen molar-refractivity contribution >= 4 is 17.5 Å². The number of aromatic hydroxyl groups is 1. The van der Waals surface area contributed by atoms with Crippen LogP contribution in [0.1, 0.15) is 10.4 Å². The molecule has 1 aromatic rings. The van der Waals surface area contributed by atoms with Crippen molar-refractivity contribution in [1.29, 1.82) is 0 Å². The Morgan fingerprint density at radius 3 is 2.85 bits per heavy atom. The van der Waals surface area contributed by atoms with E-state index >= 15 is 0 Å². The zero-order valence-electron chi connectivity index (χ0n) is 6.72. The van der Waals surface area contributed by atoms with Gasteiger partial charge in [0, 0.05) is 13.1 Å². The number of halogens is 1. The van der Waals surface area contributed by atoms with E-state index in [4.69, 9.17) is 16.7 Å². The molecule has 13 heavy (non-hydrogen) atoms. The lowest BCUT2D eigenvalue weighted by atomic mass is 10.2. The number of amides is 1. The number of aromatic amines is 1. The summed E-state index contributed by atoms with van der Waals surface area (Å²) in [7, 11) is 1.42. The number of pyridine rings is 1. The lowest BCUT2D eigenvalue weighted by Gasteiger charge is -2.01. The summed E-state index contributed by atoms with van der Waals surface area (Å²) in [6, 6.07) is 1.01. The molecule has 0 atom stereocenters. The largest absolute Gasteiger partial charge is 0.503 e. The predicted octanol–water partition coefficient (Wildman–Crippen LogP) is 0.0935. The standard InChI is InChI=1S/C7H7ClN2O3/c1-9-6(12)3-2-4(11)7(13)10-5(3)8/h2,11H,1H3,(H,9,12)(H,10,13). The van der Waals surface area contributed by atoms with Crippen molar-refractivity contribution in [3.8, 4) is 5.75 Å². The van der Waals surface area contributed by atoms with Gasteiger partial charge in [0.1, 0.15) is 5.15 Å². The molecule has 1 amide bonds. The maximum absolute atomic E-state index is 11.1. The monoisotopic (exact) mass is 202 g/mol. The first-order valence-corrected chi connectivity index (χ1v) is 3.78. The molecule has 0 unspecified atom stereocenters. The average Bonchev–Trinajstić information content (AvgIpc) is 2.10. The minimum atomic E-state index is -0.724. The van der Waals surface area contributed by atoms with Crippen LogP contribution in [0.15, 0.2) is 10.9 Å². The van der Waals surface area contributed by atoms with Gasteiger partial charge in [-0.25, -0.2) is 0 Å². The van der Waals surface area contributed by atoms with E-state index in [2.05, 4.69) is 10.3 Å². The molecule has 3 N–H and O–H groups in total. The Labute approximate surface area is 78.4 Å². The van der Waals surface area contributed by atoms with E-state index in [1.54, 1.807) is 0 Å². The van der Waals surface area contributed by atoms with E-state index in [0.29, 0.717) is 0 Å². The van der Waals surface area contributed by atoms with Crippen LogP contribution in [0, 0.1) is 0 Å². The van der Waals surface area contributed by atoms with Crippen LogP contribution >= 0.6 is 11.6 Å². The summed E-state index contributed by atoms with van der Waals surface area (Å²) in [6.45, 7) is 0. The quantitative estimate of drug-likeness (QED) is 0.565. The zero-order chi connectivity index (χ0) is 10.0. The Morgan fingerprint density at radius 1 is 1.69 bits per heavy atom. The Bertz CT molecular complexity index is 399. The minimum Gasteiger partial charge on any atom is -0.503 e. The fourth-order valence-electron chi connectivity index (χ4n) is 0.797. The summed E-state index contributed by atoms with van der Waals surface area (Å²) >= 11 is 5.55. The molecule has 5 nitrogen and oxygen atoms in total. The number of H-pyrrole nitrogens is 1. The van der Waals surface area contributed by atoms with Crippen molar-refractivity contribution in [2.75, 3.05) is 7.05 Å². The topological polar surface area (TPSA) is 82.2 Å². The number of carbonyl (C=O) groups is 1. The molecular formula is C7H7ClN2O3. The maximum atomic E-state index is 11.1. The Morgan fingerprint density at radius 2 is 2.31 bits per heavy atom. The van der Waals surface area contributed by atoms with Crippen molar-refractivity contribution < 1.29 is 9.90 Å². The Hall–Kier alpha value is -1.49. The lowest BCUT2D eigenvalue weighted by Crippen LogP contribution is -2.20. The number of hydrogen-bond donors (Lipinski definition) is 3. The van der Waals surface area contributed by atoms with E-state index < -0.39 is 17.2 Å². The second-order valence-corrected chi connectivity index (χ2v) is 2.67. The highest BCUT2D eigenvalue weighted by Crippen LogP contribution is 2.13. The van der Waals surface area contributed by atoms with Crippen molar-refractivity contribution in [2.45, 2.75) is 0 Å².